The van der Waals surface area contributed by atoms with Gasteiger partial charge < -0.3 is 15.0 Å². The predicted molar refractivity (Wildman–Crippen MR) is 103 cm³/mol. The number of carbonyl (C=O) groups is 2. The lowest BCUT2D eigenvalue weighted by atomic mass is 10.1. The Labute approximate surface area is 164 Å². The van der Waals surface area contributed by atoms with Crippen LogP contribution >= 0.6 is 11.6 Å². The van der Waals surface area contributed by atoms with Crippen molar-refractivity contribution in [1.82, 2.24) is 10.3 Å². The summed E-state index contributed by atoms with van der Waals surface area (Å²) in [6.07, 6.45) is 2.48. The number of para-hydroxylation sites is 1. The zero-order valence-electron chi connectivity index (χ0n) is 14.6. The molecule has 3 aromatic rings. The number of carbonyl (C=O) groups excluding carboxylic acids is 2. The monoisotopic (exact) mass is 401 g/mol. The lowest BCUT2D eigenvalue weighted by Crippen LogP contribution is -2.30. The van der Waals surface area contributed by atoms with Crippen molar-refractivity contribution in [1.29, 1.82) is 0 Å². The Hall–Kier alpha value is -3.39. The van der Waals surface area contributed by atoms with Crippen LogP contribution in [0.5, 0.6) is 0 Å². The predicted octanol–water partition coefficient (Wildman–Crippen LogP) is 3.25. The van der Waals surface area contributed by atoms with Gasteiger partial charge in [-0.15, -0.1) is 0 Å². The van der Waals surface area contributed by atoms with Crippen LogP contribution in [0.25, 0.3) is 10.9 Å². The van der Waals surface area contributed by atoms with Crippen LogP contribution in [0.1, 0.15) is 15.9 Å². The topological polar surface area (TPSA) is 114 Å². The Morgan fingerprint density at radius 2 is 2.00 bits per heavy atom. The fraction of sp³-hybridized carbons (Fsp3) is 0.158. The maximum Gasteiger partial charge on any atom is 0.345 e. The SMILES string of the molecule is O=C(COC(=O)c1cc(Cl)ccc1[N+](=O)[O-])NCCc1c[nH]c2ccccc12. The van der Waals surface area contributed by atoms with Gasteiger partial charge in [-0.25, -0.2) is 4.79 Å². The largest absolute Gasteiger partial charge is 0.452 e. The summed E-state index contributed by atoms with van der Waals surface area (Å²) in [4.78, 5) is 37.4. The van der Waals surface area contributed by atoms with Gasteiger partial charge in [0.15, 0.2) is 6.61 Å². The summed E-state index contributed by atoms with van der Waals surface area (Å²) in [5.41, 5.74) is 1.33. The van der Waals surface area contributed by atoms with E-state index in [0.717, 1.165) is 28.6 Å². The van der Waals surface area contributed by atoms with Crippen molar-refractivity contribution in [3.8, 4) is 0 Å². The van der Waals surface area contributed by atoms with E-state index < -0.39 is 29.1 Å². The summed E-state index contributed by atoms with van der Waals surface area (Å²) in [6.45, 7) is -0.189. The first-order chi connectivity index (χ1) is 13.5. The van der Waals surface area contributed by atoms with Gasteiger partial charge in [-0.1, -0.05) is 29.8 Å². The number of nitrogens with zero attached hydrogens (tertiary/aromatic N) is 1. The molecule has 2 N–H and O–H groups in total. The van der Waals surface area contributed by atoms with E-state index in [2.05, 4.69) is 10.3 Å². The third-order valence-corrected chi connectivity index (χ3v) is 4.34. The van der Waals surface area contributed by atoms with Crippen LogP contribution in [0.4, 0.5) is 5.69 Å². The minimum atomic E-state index is -0.985. The van der Waals surface area contributed by atoms with Crippen molar-refractivity contribution in [2.75, 3.05) is 13.2 Å². The summed E-state index contributed by atoms with van der Waals surface area (Å²) in [6, 6.07) is 11.4. The molecule has 28 heavy (non-hydrogen) atoms. The molecule has 0 aliphatic heterocycles. The number of hydrogen-bond donors (Lipinski definition) is 2. The van der Waals surface area contributed by atoms with Gasteiger partial charge in [0.2, 0.25) is 0 Å². The minimum absolute atomic E-state index is 0.153. The molecule has 0 fully saturated rings. The molecule has 1 amide bonds. The summed E-state index contributed by atoms with van der Waals surface area (Å²) in [7, 11) is 0. The van der Waals surface area contributed by atoms with Gasteiger partial charge in [0.25, 0.3) is 11.6 Å². The number of H-pyrrole nitrogens is 1. The van der Waals surface area contributed by atoms with Crippen molar-refractivity contribution in [3.05, 3.63) is 74.9 Å². The maximum atomic E-state index is 12.1. The number of nitro benzene ring substituents is 1. The smallest absolute Gasteiger partial charge is 0.345 e. The Bertz CT molecular complexity index is 1050. The van der Waals surface area contributed by atoms with Crippen LogP contribution in [0.15, 0.2) is 48.7 Å². The number of benzene rings is 2. The average molecular weight is 402 g/mol. The number of nitrogens with one attached hydrogen (secondary N) is 2. The molecule has 0 spiro atoms. The van der Waals surface area contributed by atoms with Crippen LogP contribution < -0.4 is 5.32 Å². The van der Waals surface area contributed by atoms with Gasteiger partial charge in [0.1, 0.15) is 5.56 Å². The lowest BCUT2D eigenvalue weighted by molar-refractivity contribution is -0.385. The number of aromatic amines is 1. The molecule has 0 aliphatic rings. The van der Waals surface area contributed by atoms with Crippen LogP contribution in [-0.4, -0.2) is 34.9 Å². The highest BCUT2D eigenvalue weighted by molar-refractivity contribution is 6.31. The molecule has 1 heterocycles. The molecule has 0 saturated carbocycles. The van der Waals surface area contributed by atoms with Gasteiger partial charge >= 0.3 is 5.97 Å². The normalized spacial score (nSPS) is 10.6. The molecule has 1 aromatic heterocycles. The second-order valence-corrected chi connectivity index (χ2v) is 6.39. The summed E-state index contributed by atoms with van der Waals surface area (Å²) >= 11 is 5.77. The maximum absolute atomic E-state index is 12.1. The average Bonchev–Trinajstić information content (AvgIpc) is 3.09. The van der Waals surface area contributed by atoms with Crippen LogP contribution in [0.3, 0.4) is 0 Å². The van der Waals surface area contributed by atoms with E-state index in [1.54, 1.807) is 0 Å². The Morgan fingerprint density at radius 3 is 2.79 bits per heavy atom. The molecule has 0 unspecified atom stereocenters. The zero-order valence-corrected chi connectivity index (χ0v) is 15.4. The first-order valence-electron chi connectivity index (χ1n) is 8.38. The molecule has 2 aromatic carbocycles. The number of rotatable bonds is 7. The van der Waals surface area contributed by atoms with Crippen molar-refractivity contribution >= 4 is 40.1 Å². The van der Waals surface area contributed by atoms with E-state index >= 15 is 0 Å². The molecule has 0 aliphatic carbocycles. The number of ether oxygens (including phenoxy) is 1. The van der Waals surface area contributed by atoms with Crippen LogP contribution in [0.2, 0.25) is 5.02 Å². The molecule has 0 radical (unpaired) electrons. The first kappa shape index (κ1) is 19.4. The highest BCUT2D eigenvalue weighted by atomic mass is 35.5. The molecule has 0 bridgehead atoms. The standard InChI is InChI=1S/C19H16ClN3O5/c20-13-5-6-17(23(26)27)15(9-13)19(25)28-11-18(24)21-8-7-12-10-22-16-4-2-1-3-14(12)16/h1-6,9-10,22H,7-8,11H2,(H,21,24). The third-order valence-electron chi connectivity index (χ3n) is 4.10. The highest BCUT2D eigenvalue weighted by Crippen LogP contribution is 2.23. The van der Waals surface area contributed by atoms with Gasteiger partial charge in [-0.05, 0) is 30.2 Å². The fourth-order valence-electron chi connectivity index (χ4n) is 2.77. The molecule has 144 valence electrons. The van der Waals surface area contributed by atoms with Crippen LogP contribution in [0, 0.1) is 10.1 Å². The van der Waals surface area contributed by atoms with Crippen molar-refractivity contribution in [2.45, 2.75) is 6.42 Å². The summed E-state index contributed by atoms with van der Waals surface area (Å²) < 4.78 is 4.87. The van der Waals surface area contributed by atoms with Crippen molar-refractivity contribution in [3.63, 3.8) is 0 Å². The molecular weight excluding hydrogens is 386 g/mol. The van der Waals surface area contributed by atoms with Crippen LogP contribution in [-0.2, 0) is 16.0 Å². The minimum Gasteiger partial charge on any atom is -0.452 e. The van der Waals surface area contributed by atoms with E-state index in [4.69, 9.17) is 16.3 Å². The summed E-state index contributed by atoms with van der Waals surface area (Å²) in [5, 5.41) is 14.9. The van der Waals surface area contributed by atoms with Gasteiger partial charge in [0, 0.05) is 34.7 Å². The third kappa shape index (κ3) is 4.47. The van der Waals surface area contributed by atoms with Gasteiger partial charge in [-0.2, -0.15) is 0 Å². The Morgan fingerprint density at radius 1 is 1.21 bits per heavy atom. The van der Waals surface area contributed by atoms with E-state index in [0.29, 0.717) is 13.0 Å². The second kappa shape index (κ2) is 8.53. The number of halogens is 1. The van der Waals surface area contributed by atoms with E-state index in [1.807, 2.05) is 30.5 Å². The number of fused-ring (bicyclic) bond motifs is 1. The second-order valence-electron chi connectivity index (χ2n) is 5.95. The highest BCUT2D eigenvalue weighted by Gasteiger charge is 2.22. The molecule has 0 atom stereocenters. The van der Waals surface area contributed by atoms with Gasteiger partial charge in [-0.3, -0.25) is 14.9 Å². The Kier molecular flexibility index (Phi) is 5.90. The molecule has 3 rings (SSSR count). The quantitative estimate of drug-likeness (QED) is 0.358. The summed E-state index contributed by atoms with van der Waals surface area (Å²) in [5.74, 6) is -1.49. The number of aromatic nitrogens is 1. The number of hydrogen-bond acceptors (Lipinski definition) is 5. The van der Waals surface area contributed by atoms with Crippen molar-refractivity contribution in [2.24, 2.45) is 0 Å². The van der Waals surface area contributed by atoms with E-state index in [1.165, 1.54) is 6.07 Å². The molecule has 0 saturated heterocycles. The van der Waals surface area contributed by atoms with Gasteiger partial charge in [0.05, 0.1) is 4.92 Å². The number of amides is 1. The lowest BCUT2D eigenvalue weighted by Gasteiger charge is -2.07. The fourth-order valence-corrected chi connectivity index (χ4v) is 2.94. The first-order valence-corrected chi connectivity index (χ1v) is 8.76. The zero-order chi connectivity index (χ0) is 20.1. The number of nitro groups is 1. The molecular formula is C19H16ClN3O5. The van der Waals surface area contributed by atoms with E-state index in [-0.39, 0.29) is 10.6 Å². The van der Waals surface area contributed by atoms with E-state index in [9.17, 15) is 19.7 Å². The number of esters is 1. The van der Waals surface area contributed by atoms with Crippen molar-refractivity contribution < 1.29 is 19.2 Å². The molecule has 8 nitrogen and oxygen atoms in total. The Balaban J connectivity index is 1.51. The molecule has 9 heteroatoms.